The van der Waals surface area contributed by atoms with Crippen molar-refractivity contribution in [2.24, 2.45) is 0 Å². The number of amides is 1. The first kappa shape index (κ1) is 18.3. The highest BCUT2D eigenvalue weighted by molar-refractivity contribution is 5.75. The Bertz CT molecular complexity index is 615. The fraction of sp³-hybridized carbons (Fsp3) is 0.450. The summed E-state index contributed by atoms with van der Waals surface area (Å²) in [5, 5.41) is 13.0. The zero-order valence-corrected chi connectivity index (χ0v) is 14.7. The number of rotatable bonds is 9. The van der Waals surface area contributed by atoms with Crippen molar-refractivity contribution >= 4 is 5.91 Å². The molecule has 0 bridgehead atoms. The molecular weight excluding hydrogens is 300 g/mol. The van der Waals surface area contributed by atoms with Crippen LogP contribution >= 0.6 is 0 Å². The zero-order chi connectivity index (χ0) is 17.4. The normalized spacial score (nSPS) is 12.1. The molecule has 24 heavy (non-hydrogen) atoms. The first-order valence-corrected chi connectivity index (χ1v) is 8.67. The molecule has 4 nitrogen and oxygen atoms in total. The number of aliphatic hydroxyl groups is 1. The monoisotopic (exact) mass is 328 g/mol. The Labute approximate surface area is 144 Å². The van der Waals surface area contributed by atoms with Crippen LogP contribution in [0.4, 0.5) is 0 Å². The number of nitrogens with zero attached hydrogens (tertiary/aromatic N) is 1. The molecule has 1 atom stereocenters. The number of aromatic nitrogens is 1. The van der Waals surface area contributed by atoms with Gasteiger partial charge in [-0.25, -0.2) is 0 Å². The summed E-state index contributed by atoms with van der Waals surface area (Å²) in [7, 11) is 0. The van der Waals surface area contributed by atoms with Crippen molar-refractivity contribution in [1.82, 2.24) is 9.88 Å². The van der Waals surface area contributed by atoms with E-state index in [1.54, 1.807) is 0 Å². The molecule has 2 aromatic rings. The molecule has 2 N–H and O–H groups in total. The number of benzene rings is 1. The highest BCUT2D eigenvalue weighted by atomic mass is 16.3. The maximum Gasteiger partial charge on any atom is 0.220 e. The molecule has 0 spiro atoms. The standard InChI is InChI=1S/C20H28N2O2/c1-16-10-11-17(2)22(16)14-6-9-19(23)12-13-20(24)21-15-18-7-4-3-5-8-18/h3-5,7-8,10-11,19,23H,6,9,12-15H2,1-2H3,(H,21,24)/t19-/m0/s1. The number of hydrogen-bond donors (Lipinski definition) is 2. The van der Waals surface area contributed by atoms with Crippen LogP contribution in [0.3, 0.4) is 0 Å². The fourth-order valence-corrected chi connectivity index (χ4v) is 2.86. The van der Waals surface area contributed by atoms with Gasteiger partial charge in [-0.3, -0.25) is 4.79 Å². The number of nitrogens with one attached hydrogen (secondary N) is 1. The third kappa shape index (κ3) is 5.85. The molecular formula is C20H28N2O2. The van der Waals surface area contributed by atoms with Crippen LogP contribution in [0.15, 0.2) is 42.5 Å². The largest absolute Gasteiger partial charge is 0.393 e. The lowest BCUT2D eigenvalue weighted by Gasteiger charge is -2.13. The predicted octanol–water partition coefficient (Wildman–Crippen LogP) is 3.34. The van der Waals surface area contributed by atoms with Gasteiger partial charge in [0.15, 0.2) is 0 Å². The van der Waals surface area contributed by atoms with E-state index in [0.29, 0.717) is 19.4 Å². The molecule has 0 unspecified atom stereocenters. The SMILES string of the molecule is Cc1ccc(C)n1CCC[C@H](O)CCC(=O)NCc1ccccc1. The molecule has 0 saturated heterocycles. The molecule has 1 amide bonds. The van der Waals surface area contributed by atoms with Crippen LogP contribution in [0.1, 0.15) is 42.6 Å². The lowest BCUT2D eigenvalue weighted by molar-refractivity contribution is -0.121. The Morgan fingerprint density at radius 2 is 1.75 bits per heavy atom. The second kappa shape index (κ2) is 9.28. The van der Waals surface area contributed by atoms with Crippen molar-refractivity contribution in [2.45, 2.75) is 58.7 Å². The van der Waals surface area contributed by atoms with Crippen LogP contribution in [-0.4, -0.2) is 21.7 Å². The molecule has 130 valence electrons. The minimum absolute atomic E-state index is 0.00463. The highest BCUT2D eigenvalue weighted by Crippen LogP contribution is 2.11. The molecule has 0 aliphatic heterocycles. The highest BCUT2D eigenvalue weighted by Gasteiger charge is 2.09. The molecule has 0 radical (unpaired) electrons. The number of carbonyl (C=O) groups excluding carboxylic acids is 1. The second-order valence-electron chi connectivity index (χ2n) is 6.36. The van der Waals surface area contributed by atoms with Gasteiger partial charge >= 0.3 is 0 Å². The summed E-state index contributed by atoms with van der Waals surface area (Å²) in [5.74, 6) is -0.00463. The average molecular weight is 328 g/mol. The van der Waals surface area contributed by atoms with Gasteiger partial charge in [-0.05, 0) is 50.8 Å². The summed E-state index contributed by atoms with van der Waals surface area (Å²) < 4.78 is 2.26. The molecule has 0 aliphatic carbocycles. The van der Waals surface area contributed by atoms with Gasteiger partial charge in [0.25, 0.3) is 0 Å². The number of hydrogen-bond acceptors (Lipinski definition) is 2. The van der Waals surface area contributed by atoms with Crippen molar-refractivity contribution in [3.05, 3.63) is 59.4 Å². The summed E-state index contributed by atoms with van der Waals surface area (Å²) in [6, 6.07) is 14.1. The topological polar surface area (TPSA) is 54.3 Å². The van der Waals surface area contributed by atoms with Crippen molar-refractivity contribution in [1.29, 1.82) is 0 Å². The minimum atomic E-state index is -0.413. The first-order chi connectivity index (χ1) is 11.6. The average Bonchev–Trinajstić information content (AvgIpc) is 2.91. The molecule has 0 saturated carbocycles. The number of carbonyl (C=O) groups is 1. The van der Waals surface area contributed by atoms with Crippen molar-refractivity contribution in [3.63, 3.8) is 0 Å². The van der Waals surface area contributed by atoms with E-state index in [0.717, 1.165) is 24.9 Å². The first-order valence-electron chi connectivity index (χ1n) is 8.67. The lowest BCUT2D eigenvalue weighted by Crippen LogP contribution is -2.24. The Morgan fingerprint density at radius 1 is 1.08 bits per heavy atom. The third-order valence-corrected chi connectivity index (χ3v) is 4.37. The van der Waals surface area contributed by atoms with E-state index in [4.69, 9.17) is 0 Å². The maximum absolute atomic E-state index is 11.8. The van der Waals surface area contributed by atoms with Gasteiger partial charge in [-0.15, -0.1) is 0 Å². The van der Waals surface area contributed by atoms with Crippen molar-refractivity contribution in [3.8, 4) is 0 Å². The van der Waals surface area contributed by atoms with E-state index in [-0.39, 0.29) is 5.91 Å². The summed E-state index contributed by atoms with van der Waals surface area (Å²) in [5.41, 5.74) is 3.59. The van der Waals surface area contributed by atoms with Crippen LogP contribution in [0.2, 0.25) is 0 Å². The summed E-state index contributed by atoms with van der Waals surface area (Å²) in [6.45, 7) is 5.66. The Morgan fingerprint density at radius 3 is 2.42 bits per heavy atom. The molecule has 1 aromatic heterocycles. The van der Waals surface area contributed by atoms with Crippen LogP contribution < -0.4 is 5.32 Å². The number of aryl methyl sites for hydroxylation is 2. The summed E-state index contributed by atoms with van der Waals surface area (Å²) in [6.07, 6.45) is 2.12. The summed E-state index contributed by atoms with van der Waals surface area (Å²) >= 11 is 0. The van der Waals surface area contributed by atoms with E-state index >= 15 is 0 Å². The third-order valence-electron chi connectivity index (χ3n) is 4.37. The smallest absolute Gasteiger partial charge is 0.220 e. The molecule has 2 rings (SSSR count). The Hall–Kier alpha value is -2.07. The predicted molar refractivity (Wildman–Crippen MR) is 96.7 cm³/mol. The fourth-order valence-electron chi connectivity index (χ4n) is 2.86. The Kier molecular flexibility index (Phi) is 7.07. The zero-order valence-electron chi connectivity index (χ0n) is 14.7. The quantitative estimate of drug-likeness (QED) is 0.742. The van der Waals surface area contributed by atoms with Gasteiger partial charge in [-0.1, -0.05) is 30.3 Å². The molecule has 4 heteroatoms. The van der Waals surface area contributed by atoms with E-state index in [1.165, 1.54) is 11.4 Å². The van der Waals surface area contributed by atoms with Gasteiger partial charge in [0.2, 0.25) is 5.91 Å². The van der Waals surface area contributed by atoms with E-state index < -0.39 is 6.10 Å². The minimum Gasteiger partial charge on any atom is -0.393 e. The van der Waals surface area contributed by atoms with Gasteiger partial charge in [0, 0.05) is 30.9 Å². The van der Waals surface area contributed by atoms with E-state index in [1.807, 2.05) is 30.3 Å². The lowest BCUT2D eigenvalue weighted by atomic mass is 10.1. The Balaban J connectivity index is 1.60. The molecule has 0 fully saturated rings. The molecule has 1 aromatic carbocycles. The van der Waals surface area contributed by atoms with Crippen molar-refractivity contribution < 1.29 is 9.90 Å². The van der Waals surface area contributed by atoms with Crippen molar-refractivity contribution in [2.75, 3.05) is 0 Å². The van der Waals surface area contributed by atoms with Gasteiger partial charge < -0.3 is 15.0 Å². The molecule has 0 aliphatic rings. The maximum atomic E-state index is 11.8. The van der Waals surface area contributed by atoms with Crippen LogP contribution in [-0.2, 0) is 17.9 Å². The van der Waals surface area contributed by atoms with Crippen LogP contribution in [0, 0.1) is 13.8 Å². The van der Waals surface area contributed by atoms with Gasteiger partial charge in [-0.2, -0.15) is 0 Å². The van der Waals surface area contributed by atoms with E-state index in [9.17, 15) is 9.90 Å². The number of aliphatic hydroxyl groups excluding tert-OH is 1. The van der Waals surface area contributed by atoms with Crippen LogP contribution in [0.5, 0.6) is 0 Å². The van der Waals surface area contributed by atoms with E-state index in [2.05, 4.69) is 35.9 Å². The van der Waals surface area contributed by atoms with Crippen LogP contribution in [0.25, 0.3) is 0 Å². The summed E-state index contributed by atoms with van der Waals surface area (Å²) in [4.78, 5) is 11.8. The van der Waals surface area contributed by atoms with Gasteiger partial charge in [0.05, 0.1) is 6.10 Å². The second-order valence-corrected chi connectivity index (χ2v) is 6.36. The van der Waals surface area contributed by atoms with Gasteiger partial charge in [0.1, 0.15) is 0 Å². The molecule has 1 heterocycles.